The summed E-state index contributed by atoms with van der Waals surface area (Å²) in [6.45, 7) is 2.62. The van der Waals surface area contributed by atoms with Crippen molar-refractivity contribution in [2.45, 2.75) is 25.5 Å². The summed E-state index contributed by atoms with van der Waals surface area (Å²) in [5.41, 5.74) is 1.07. The molecule has 7 nitrogen and oxygen atoms in total. The maximum Gasteiger partial charge on any atom is 0.255 e. The van der Waals surface area contributed by atoms with Gasteiger partial charge in [0.15, 0.2) is 0 Å². The number of nitrogens with one attached hydrogen (secondary N) is 1. The number of ether oxygens (including phenoxy) is 2. The van der Waals surface area contributed by atoms with Crippen LogP contribution in [0.1, 0.15) is 22.3 Å². The van der Waals surface area contributed by atoms with Crippen molar-refractivity contribution in [2.24, 2.45) is 0 Å². The lowest BCUT2D eigenvalue weighted by Gasteiger charge is -2.32. The van der Waals surface area contributed by atoms with Crippen LogP contribution in [0.15, 0.2) is 18.2 Å². The van der Waals surface area contributed by atoms with Crippen LogP contribution in [0, 0.1) is 6.92 Å². The normalized spacial score (nSPS) is 20.5. The molecule has 24 heavy (non-hydrogen) atoms. The second-order valence-corrected chi connectivity index (χ2v) is 6.10. The molecular weight excluding hydrogens is 312 g/mol. The molecule has 0 radical (unpaired) electrons. The van der Waals surface area contributed by atoms with Gasteiger partial charge in [-0.1, -0.05) is 6.07 Å². The van der Waals surface area contributed by atoms with Crippen LogP contribution in [0.5, 0.6) is 5.75 Å². The number of phenolic OH excluding ortho intramolecular Hbond substituents is 1. The van der Waals surface area contributed by atoms with Crippen molar-refractivity contribution in [1.82, 2.24) is 10.2 Å². The fourth-order valence-electron chi connectivity index (χ4n) is 2.44. The Labute approximate surface area is 141 Å². The molecule has 1 heterocycles. The number of aromatic hydroxyl groups is 1. The Bertz CT molecular complexity index is 603. The summed E-state index contributed by atoms with van der Waals surface area (Å²) < 4.78 is 11.1. The van der Waals surface area contributed by atoms with Crippen LogP contribution >= 0.6 is 0 Å². The second-order valence-electron chi connectivity index (χ2n) is 6.10. The average molecular weight is 336 g/mol. The Morgan fingerprint density at radius 1 is 1.42 bits per heavy atom. The summed E-state index contributed by atoms with van der Waals surface area (Å²) in [6.07, 6.45) is 0.283. The van der Waals surface area contributed by atoms with Crippen molar-refractivity contribution in [3.63, 3.8) is 0 Å². The number of benzene rings is 1. The number of carbonyl (C=O) groups excluding carboxylic acids is 2. The van der Waals surface area contributed by atoms with Crippen LogP contribution in [0.4, 0.5) is 0 Å². The van der Waals surface area contributed by atoms with E-state index < -0.39 is 5.91 Å². The van der Waals surface area contributed by atoms with Crippen molar-refractivity contribution in [1.29, 1.82) is 0 Å². The van der Waals surface area contributed by atoms with E-state index in [0.717, 1.165) is 5.56 Å². The van der Waals surface area contributed by atoms with Gasteiger partial charge in [0.05, 0.1) is 24.3 Å². The molecule has 1 fully saturated rings. The lowest BCUT2D eigenvalue weighted by atomic mass is 10.0. The maximum absolute atomic E-state index is 12.4. The van der Waals surface area contributed by atoms with Crippen molar-refractivity contribution in [2.75, 3.05) is 33.9 Å². The summed E-state index contributed by atoms with van der Waals surface area (Å²) in [4.78, 5) is 25.5. The van der Waals surface area contributed by atoms with E-state index in [4.69, 9.17) is 9.47 Å². The van der Waals surface area contributed by atoms with Gasteiger partial charge in [0, 0.05) is 20.7 Å². The van der Waals surface area contributed by atoms with E-state index in [1.54, 1.807) is 26.2 Å². The number of nitrogens with zero attached hydrogens (tertiary/aromatic N) is 1. The van der Waals surface area contributed by atoms with Gasteiger partial charge in [0.2, 0.25) is 5.91 Å². The Balaban J connectivity index is 1.99. The first-order chi connectivity index (χ1) is 11.4. The standard InChI is InChI=1S/C17H24N2O5/c1-11-4-5-12(14(20)8-11)17(22)18-13-9-23-7-6-15(13)24-10-16(21)19(2)3/h4-5,8,13,15,20H,6-7,9-10H2,1-3H3,(H,18,22)/t13-,15+/m1/s1. The first-order valence-electron chi connectivity index (χ1n) is 7.88. The van der Waals surface area contributed by atoms with E-state index >= 15 is 0 Å². The van der Waals surface area contributed by atoms with Crippen molar-refractivity contribution < 1.29 is 24.2 Å². The van der Waals surface area contributed by atoms with Gasteiger partial charge in [-0.3, -0.25) is 9.59 Å². The molecule has 2 amide bonds. The first-order valence-corrected chi connectivity index (χ1v) is 7.88. The fraction of sp³-hybridized carbons (Fsp3) is 0.529. The number of likely N-dealkylation sites (N-methyl/N-ethyl adjacent to an activating group) is 1. The van der Waals surface area contributed by atoms with Crippen molar-refractivity contribution in [3.8, 4) is 5.75 Å². The number of phenols is 1. The molecule has 1 aromatic rings. The third-order valence-corrected chi connectivity index (χ3v) is 3.93. The molecule has 2 atom stereocenters. The predicted octanol–water partition coefficient (Wildman–Crippen LogP) is 0.693. The minimum atomic E-state index is -0.393. The molecule has 0 bridgehead atoms. The molecule has 0 spiro atoms. The predicted molar refractivity (Wildman–Crippen MR) is 88.0 cm³/mol. The van der Waals surface area contributed by atoms with Crippen molar-refractivity contribution >= 4 is 11.8 Å². The first kappa shape index (κ1) is 18.2. The number of hydrogen-bond acceptors (Lipinski definition) is 5. The molecule has 0 aromatic heterocycles. The molecule has 0 saturated carbocycles. The number of carbonyl (C=O) groups is 2. The molecule has 7 heteroatoms. The van der Waals surface area contributed by atoms with Crippen LogP contribution in [0.2, 0.25) is 0 Å². The van der Waals surface area contributed by atoms with Gasteiger partial charge in [0.25, 0.3) is 5.91 Å². The summed E-state index contributed by atoms with van der Waals surface area (Å²) in [5, 5.41) is 12.7. The van der Waals surface area contributed by atoms with Gasteiger partial charge in [-0.05, 0) is 31.0 Å². The monoisotopic (exact) mass is 336 g/mol. The molecule has 1 aliphatic heterocycles. The Kier molecular flexibility index (Phi) is 6.16. The number of rotatable bonds is 5. The number of amides is 2. The third-order valence-electron chi connectivity index (χ3n) is 3.93. The van der Waals surface area contributed by atoms with E-state index in [0.29, 0.717) is 19.6 Å². The van der Waals surface area contributed by atoms with Gasteiger partial charge >= 0.3 is 0 Å². The van der Waals surface area contributed by atoms with E-state index in [9.17, 15) is 14.7 Å². The molecule has 132 valence electrons. The molecule has 2 N–H and O–H groups in total. The van der Waals surface area contributed by atoms with Crippen LogP contribution in [0.3, 0.4) is 0 Å². The second kappa shape index (κ2) is 8.12. The summed E-state index contributed by atoms with van der Waals surface area (Å²) in [5.74, 6) is -0.595. The fourth-order valence-corrected chi connectivity index (χ4v) is 2.44. The van der Waals surface area contributed by atoms with Crippen LogP contribution < -0.4 is 5.32 Å². The van der Waals surface area contributed by atoms with E-state index in [2.05, 4.69) is 5.32 Å². The quantitative estimate of drug-likeness (QED) is 0.826. The smallest absolute Gasteiger partial charge is 0.255 e. The summed E-state index contributed by atoms with van der Waals surface area (Å²) in [6, 6.07) is 4.50. The molecule has 2 rings (SSSR count). The highest BCUT2D eigenvalue weighted by Gasteiger charge is 2.29. The van der Waals surface area contributed by atoms with Gasteiger partial charge in [-0.25, -0.2) is 0 Å². The van der Waals surface area contributed by atoms with Crippen LogP contribution in [-0.2, 0) is 14.3 Å². The minimum absolute atomic E-state index is 0.0418. The van der Waals surface area contributed by atoms with Gasteiger partial charge < -0.3 is 24.8 Å². The Morgan fingerprint density at radius 3 is 2.83 bits per heavy atom. The zero-order chi connectivity index (χ0) is 17.7. The Morgan fingerprint density at radius 2 is 2.17 bits per heavy atom. The van der Waals surface area contributed by atoms with Gasteiger partial charge in [-0.2, -0.15) is 0 Å². The topological polar surface area (TPSA) is 88.1 Å². The molecule has 1 saturated heterocycles. The number of hydrogen-bond donors (Lipinski definition) is 2. The number of aryl methyl sites for hydroxylation is 1. The average Bonchev–Trinajstić information content (AvgIpc) is 2.53. The lowest BCUT2D eigenvalue weighted by molar-refractivity contribution is -0.138. The summed E-state index contributed by atoms with van der Waals surface area (Å²) >= 11 is 0. The minimum Gasteiger partial charge on any atom is -0.507 e. The van der Waals surface area contributed by atoms with Gasteiger partial charge in [0.1, 0.15) is 12.4 Å². The zero-order valence-electron chi connectivity index (χ0n) is 14.2. The lowest BCUT2D eigenvalue weighted by Crippen LogP contribution is -2.51. The highest BCUT2D eigenvalue weighted by Crippen LogP contribution is 2.19. The highest BCUT2D eigenvalue weighted by atomic mass is 16.5. The SMILES string of the molecule is Cc1ccc(C(=O)N[C@@H]2COCC[C@@H]2OCC(=O)N(C)C)c(O)c1. The molecular formula is C17H24N2O5. The highest BCUT2D eigenvalue weighted by molar-refractivity contribution is 5.97. The van der Waals surface area contributed by atoms with E-state index in [-0.39, 0.29) is 36.0 Å². The molecule has 1 aromatic carbocycles. The summed E-state index contributed by atoms with van der Waals surface area (Å²) in [7, 11) is 3.32. The Hall–Kier alpha value is -2.12. The largest absolute Gasteiger partial charge is 0.507 e. The van der Waals surface area contributed by atoms with E-state index in [1.165, 1.54) is 11.0 Å². The van der Waals surface area contributed by atoms with Gasteiger partial charge in [-0.15, -0.1) is 0 Å². The van der Waals surface area contributed by atoms with E-state index in [1.807, 2.05) is 6.92 Å². The van der Waals surface area contributed by atoms with Crippen LogP contribution in [0.25, 0.3) is 0 Å². The molecule has 1 aliphatic rings. The van der Waals surface area contributed by atoms with Crippen LogP contribution in [-0.4, -0.2) is 67.9 Å². The molecule has 0 unspecified atom stereocenters. The maximum atomic E-state index is 12.4. The van der Waals surface area contributed by atoms with Crippen molar-refractivity contribution in [3.05, 3.63) is 29.3 Å². The third kappa shape index (κ3) is 4.69. The zero-order valence-corrected chi connectivity index (χ0v) is 14.2. The molecule has 0 aliphatic carbocycles.